The van der Waals surface area contributed by atoms with E-state index < -0.39 is 5.97 Å². The first-order chi connectivity index (χ1) is 8.08. The van der Waals surface area contributed by atoms with Crippen molar-refractivity contribution in [2.75, 3.05) is 5.73 Å². The number of nitrogens with two attached hydrogens (primary N) is 1. The van der Waals surface area contributed by atoms with Crippen LogP contribution in [-0.4, -0.2) is 21.0 Å². The van der Waals surface area contributed by atoms with E-state index in [1.165, 1.54) is 6.07 Å². The van der Waals surface area contributed by atoms with Crippen LogP contribution in [0.25, 0.3) is 11.4 Å². The average Bonchev–Trinajstić information content (AvgIpc) is 2.29. The molecule has 2 heterocycles. The Balaban J connectivity index is 2.54. The second-order valence-corrected chi connectivity index (χ2v) is 3.60. The summed E-state index contributed by atoms with van der Waals surface area (Å²) in [6, 6.07) is 8.66. The van der Waals surface area contributed by atoms with Crippen LogP contribution in [0, 0.1) is 6.92 Å². The summed E-state index contributed by atoms with van der Waals surface area (Å²) in [7, 11) is 0. The lowest BCUT2D eigenvalue weighted by Crippen LogP contribution is -2.06. The number of nitrogen functional groups attached to an aromatic ring is 1. The maximum Gasteiger partial charge on any atom is 0.356 e. The summed E-state index contributed by atoms with van der Waals surface area (Å²) in [6.45, 7) is 1.86. The van der Waals surface area contributed by atoms with Crippen LogP contribution in [0.3, 0.4) is 0 Å². The molecule has 2 aromatic rings. The molecule has 0 bridgehead atoms. The molecule has 0 aromatic carbocycles. The van der Waals surface area contributed by atoms with E-state index in [-0.39, 0.29) is 11.4 Å². The van der Waals surface area contributed by atoms with E-state index in [1.807, 2.05) is 19.1 Å². The molecule has 0 radical (unpaired) electrons. The summed E-state index contributed by atoms with van der Waals surface area (Å²) in [5.41, 5.74) is 7.51. The third kappa shape index (κ3) is 2.23. The van der Waals surface area contributed by atoms with Gasteiger partial charge in [0, 0.05) is 5.69 Å². The maximum atomic E-state index is 10.9. The molecule has 2 rings (SSSR count). The van der Waals surface area contributed by atoms with Crippen molar-refractivity contribution < 1.29 is 9.90 Å². The molecule has 2 aromatic heterocycles. The van der Waals surface area contributed by atoms with E-state index in [1.54, 1.807) is 12.1 Å². The predicted molar refractivity (Wildman–Crippen MR) is 63.6 cm³/mol. The lowest BCUT2D eigenvalue weighted by Gasteiger charge is -2.04. The number of anilines is 1. The Morgan fingerprint density at radius 3 is 2.53 bits per heavy atom. The third-order valence-electron chi connectivity index (χ3n) is 2.28. The van der Waals surface area contributed by atoms with Gasteiger partial charge in [0.1, 0.15) is 0 Å². The van der Waals surface area contributed by atoms with Gasteiger partial charge < -0.3 is 10.8 Å². The number of hydrogen-bond acceptors (Lipinski definition) is 4. The standard InChI is InChI=1S/C12H11N3O2/c1-7-3-2-4-9(14-7)10-6-5-8(13)11(15-10)12(16)17/h2-6H,13H2,1H3,(H,16,17). The molecular formula is C12H11N3O2. The molecule has 17 heavy (non-hydrogen) atoms. The molecule has 0 aliphatic heterocycles. The highest BCUT2D eigenvalue weighted by molar-refractivity contribution is 5.91. The van der Waals surface area contributed by atoms with E-state index in [0.29, 0.717) is 11.4 Å². The number of aromatic nitrogens is 2. The predicted octanol–water partition coefficient (Wildman–Crippen LogP) is 1.73. The van der Waals surface area contributed by atoms with Crippen LogP contribution in [0.1, 0.15) is 16.2 Å². The quantitative estimate of drug-likeness (QED) is 0.818. The number of carbonyl (C=O) groups is 1. The van der Waals surface area contributed by atoms with Crippen molar-refractivity contribution in [1.29, 1.82) is 0 Å². The monoisotopic (exact) mass is 229 g/mol. The fraction of sp³-hybridized carbons (Fsp3) is 0.0833. The molecule has 3 N–H and O–H groups in total. The van der Waals surface area contributed by atoms with Crippen molar-refractivity contribution >= 4 is 11.7 Å². The first-order valence-electron chi connectivity index (χ1n) is 5.02. The van der Waals surface area contributed by atoms with E-state index in [4.69, 9.17) is 10.8 Å². The molecule has 0 fully saturated rings. The SMILES string of the molecule is Cc1cccc(-c2ccc(N)c(C(=O)O)n2)n1. The fourth-order valence-electron chi connectivity index (χ4n) is 1.47. The summed E-state index contributed by atoms with van der Waals surface area (Å²) in [5, 5.41) is 8.93. The molecule has 0 spiro atoms. The minimum atomic E-state index is -1.14. The topological polar surface area (TPSA) is 89.1 Å². The molecule has 86 valence electrons. The highest BCUT2D eigenvalue weighted by Crippen LogP contribution is 2.18. The number of rotatable bonds is 2. The number of hydrogen-bond donors (Lipinski definition) is 2. The summed E-state index contributed by atoms with van der Waals surface area (Å²) < 4.78 is 0. The zero-order chi connectivity index (χ0) is 12.4. The van der Waals surface area contributed by atoms with Gasteiger partial charge in [-0.2, -0.15) is 0 Å². The highest BCUT2D eigenvalue weighted by Gasteiger charge is 2.12. The Kier molecular flexibility index (Phi) is 2.74. The van der Waals surface area contributed by atoms with Gasteiger partial charge in [-0.15, -0.1) is 0 Å². The number of aromatic carboxylic acids is 1. The molecule has 0 saturated heterocycles. The highest BCUT2D eigenvalue weighted by atomic mass is 16.4. The molecule has 5 nitrogen and oxygen atoms in total. The van der Waals surface area contributed by atoms with Gasteiger partial charge in [0.05, 0.1) is 17.1 Å². The molecule has 0 atom stereocenters. The van der Waals surface area contributed by atoms with Crippen LogP contribution in [0.15, 0.2) is 30.3 Å². The summed E-state index contributed by atoms with van der Waals surface area (Å²) >= 11 is 0. The Morgan fingerprint density at radius 1 is 1.18 bits per heavy atom. The van der Waals surface area contributed by atoms with Gasteiger partial charge in [0.2, 0.25) is 0 Å². The fourth-order valence-corrected chi connectivity index (χ4v) is 1.47. The smallest absolute Gasteiger partial charge is 0.356 e. The Hall–Kier alpha value is -2.43. The molecule has 0 unspecified atom stereocenters. The van der Waals surface area contributed by atoms with Crippen LogP contribution in [0.5, 0.6) is 0 Å². The first-order valence-corrected chi connectivity index (χ1v) is 5.02. The van der Waals surface area contributed by atoms with Crippen LogP contribution >= 0.6 is 0 Å². The summed E-state index contributed by atoms with van der Waals surface area (Å²) in [4.78, 5) is 19.2. The molecule has 0 aliphatic carbocycles. The van der Waals surface area contributed by atoms with Gasteiger partial charge in [-0.1, -0.05) is 6.07 Å². The minimum absolute atomic E-state index is 0.147. The van der Waals surface area contributed by atoms with E-state index in [9.17, 15) is 4.79 Å². The zero-order valence-corrected chi connectivity index (χ0v) is 9.21. The molecule has 0 amide bonds. The second kappa shape index (κ2) is 4.21. The van der Waals surface area contributed by atoms with Crippen molar-refractivity contribution in [3.8, 4) is 11.4 Å². The van der Waals surface area contributed by atoms with Gasteiger partial charge in [0.25, 0.3) is 0 Å². The Labute approximate surface area is 98.0 Å². The Morgan fingerprint density at radius 2 is 1.88 bits per heavy atom. The van der Waals surface area contributed by atoms with Crippen LogP contribution in [0.4, 0.5) is 5.69 Å². The van der Waals surface area contributed by atoms with Crippen molar-refractivity contribution in [3.05, 3.63) is 41.7 Å². The molecule has 0 saturated carbocycles. The lowest BCUT2D eigenvalue weighted by molar-refractivity contribution is 0.0692. The van der Waals surface area contributed by atoms with E-state index in [2.05, 4.69) is 9.97 Å². The number of carboxylic acids is 1. The third-order valence-corrected chi connectivity index (χ3v) is 2.28. The van der Waals surface area contributed by atoms with Gasteiger partial charge in [-0.25, -0.2) is 9.78 Å². The normalized spacial score (nSPS) is 10.2. The van der Waals surface area contributed by atoms with Crippen molar-refractivity contribution in [1.82, 2.24) is 9.97 Å². The minimum Gasteiger partial charge on any atom is -0.476 e. The van der Waals surface area contributed by atoms with Crippen molar-refractivity contribution in [3.63, 3.8) is 0 Å². The second-order valence-electron chi connectivity index (χ2n) is 3.60. The van der Waals surface area contributed by atoms with Gasteiger partial charge in [-0.3, -0.25) is 4.98 Å². The maximum absolute atomic E-state index is 10.9. The van der Waals surface area contributed by atoms with Crippen LogP contribution < -0.4 is 5.73 Å². The number of pyridine rings is 2. The number of carboxylic acid groups (broad SMARTS) is 1. The first kappa shape index (κ1) is 11.1. The van der Waals surface area contributed by atoms with Crippen molar-refractivity contribution in [2.24, 2.45) is 0 Å². The molecular weight excluding hydrogens is 218 g/mol. The molecule has 5 heteroatoms. The van der Waals surface area contributed by atoms with E-state index >= 15 is 0 Å². The van der Waals surface area contributed by atoms with Gasteiger partial charge in [-0.05, 0) is 31.2 Å². The summed E-state index contributed by atoms with van der Waals surface area (Å²) in [5.74, 6) is -1.14. The average molecular weight is 229 g/mol. The summed E-state index contributed by atoms with van der Waals surface area (Å²) in [6.07, 6.45) is 0. The number of aryl methyl sites for hydroxylation is 1. The molecule has 0 aliphatic rings. The van der Waals surface area contributed by atoms with Gasteiger partial charge in [0.15, 0.2) is 5.69 Å². The Bertz CT molecular complexity index is 582. The lowest BCUT2D eigenvalue weighted by atomic mass is 10.2. The largest absolute Gasteiger partial charge is 0.476 e. The van der Waals surface area contributed by atoms with Gasteiger partial charge >= 0.3 is 5.97 Å². The van der Waals surface area contributed by atoms with Crippen molar-refractivity contribution in [2.45, 2.75) is 6.92 Å². The van der Waals surface area contributed by atoms with Crippen LogP contribution in [0.2, 0.25) is 0 Å². The van der Waals surface area contributed by atoms with E-state index in [0.717, 1.165) is 5.69 Å². The number of nitrogens with zero attached hydrogens (tertiary/aromatic N) is 2. The van der Waals surface area contributed by atoms with Crippen LogP contribution in [-0.2, 0) is 0 Å². The zero-order valence-electron chi connectivity index (χ0n) is 9.21.